The number of nitrogens with one attached hydrogen (secondary N) is 3. The van der Waals surface area contributed by atoms with Crippen molar-refractivity contribution in [3.63, 3.8) is 0 Å². The number of morpholine rings is 1. The van der Waals surface area contributed by atoms with Crippen LogP contribution in [0.15, 0.2) is 18.2 Å². The zero-order valence-corrected chi connectivity index (χ0v) is 14.1. The molecule has 7 nitrogen and oxygen atoms in total. The Morgan fingerprint density at radius 3 is 2.64 bits per heavy atom. The molecule has 3 N–H and O–H groups in total. The molecule has 0 aliphatic carbocycles. The van der Waals surface area contributed by atoms with Crippen LogP contribution in [0.5, 0.6) is 0 Å². The maximum Gasteiger partial charge on any atom is 0.416 e. The van der Waals surface area contributed by atoms with Crippen LogP contribution in [0.2, 0.25) is 0 Å². The van der Waals surface area contributed by atoms with Gasteiger partial charge < -0.3 is 15.4 Å². The van der Waals surface area contributed by atoms with Gasteiger partial charge in [-0.1, -0.05) is 0 Å². The Labute approximate surface area is 143 Å². The summed E-state index contributed by atoms with van der Waals surface area (Å²) in [6.07, 6.45) is -3.78. The lowest BCUT2D eigenvalue weighted by Gasteiger charge is -2.23. The summed E-state index contributed by atoms with van der Waals surface area (Å²) in [5.41, 5.74) is -1.40. The summed E-state index contributed by atoms with van der Waals surface area (Å²) in [6, 6.07) is 2.13. The van der Waals surface area contributed by atoms with Crippen LogP contribution in [-0.4, -0.2) is 46.4 Å². The first-order chi connectivity index (χ1) is 11.5. The van der Waals surface area contributed by atoms with Gasteiger partial charge in [0.1, 0.15) is 0 Å². The molecule has 0 radical (unpaired) electrons. The summed E-state index contributed by atoms with van der Waals surface area (Å²) in [4.78, 5) is 12.1. The third kappa shape index (κ3) is 6.18. The molecule has 0 aromatic heterocycles. The van der Waals surface area contributed by atoms with E-state index in [1.54, 1.807) is 0 Å². The van der Waals surface area contributed by atoms with E-state index < -0.39 is 27.7 Å². The highest BCUT2D eigenvalue weighted by Gasteiger charge is 2.31. The van der Waals surface area contributed by atoms with Crippen molar-refractivity contribution in [3.8, 4) is 0 Å². The van der Waals surface area contributed by atoms with E-state index in [9.17, 15) is 26.4 Å². The van der Waals surface area contributed by atoms with E-state index in [1.807, 2.05) is 0 Å². The molecule has 1 amide bonds. The fraction of sp³-hybridized carbons (Fsp3) is 0.500. The van der Waals surface area contributed by atoms with Gasteiger partial charge in [0.25, 0.3) is 0 Å². The van der Waals surface area contributed by atoms with Crippen molar-refractivity contribution < 1.29 is 31.1 Å². The molecule has 1 aromatic rings. The van der Waals surface area contributed by atoms with Crippen LogP contribution < -0.4 is 15.4 Å². The van der Waals surface area contributed by atoms with E-state index in [4.69, 9.17) is 4.74 Å². The Bertz CT molecular complexity index is 731. The molecule has 1 fully saturated rings. The van der Waals surface area contributed by atoms with Gasteiger partial charge in [-0.25, -0.2) is 8.42 Å². The summed E-state index contributed by atoms with van der Waals surface area (Å²) in [6.45, 7) is 1.40. The van der Waals surface area contributed by atoms with Crippen LogP contribution in [0.1, 0.15) is 12.0 Å². The maximum absolute atomic E-state index is 12.9. The fourth-order valence-electron chi connectivity index (χ4n) is 2.29. The first-order valence-corrected chi connectivity index (χ1v) is 9.24. The number of sulfonamides is 1. The number of benzene rings is 1. The number of hydrogen-bond acceptors (Lipinski definition) is 5. The minimum absolute atomic E-state index is 0.0193. The molecule has 25 heavy (non-hydrogen) atoms. The lowest BCUT2D eigenvalue weighted by Crippen LogP contribution is -2.43. The van der Waals surface area contributed by atoms with Crippen LogP contribution in [0.4, 0.5) is 24.5 Å². The topological polar surface area (TPSA) is 96.5 Å². The van der Waals surface area contributed by atoms with Crippen molar-refractivity contribution >= 4 is 27.3 Å². The Morgan fingerprint density at radius 1 is 1.36 bits per heavy atom. The fourth-order valence-corrected chi connectivity index (χ4v) is 2.87. The average molecular weight is 381 g/mol. The molecule has 1 atom stereocenters. The number of amides is 1. The van der Waals surface area contributed by atoms with Gasteiger partial charge in [0, 0.05) is 19.0 Å². The number of hydrogen-bond donors (Lipinski definition) is 3. The van der Waals surface area contributed by atoms with Crippen LogP contribution in [0, 0.1) is 0 Å². The Balaban J connectivity index is 2.20. The number of alkyl halides is 3. The summed E-state index contributed by atoms with van der Waals surface area (Å²) >= 11 is 0. The molecule has 1 aliphatic rings. The van der Waals surface area contributed by atoms with Crippen LogP contribution >= 0.6 is 0 Å². The van der Waals surface area contributed by atoms with Crippen LogP contribution in [0.25, 0.3) is 0 Å². The molecule has 0 spiro atoms. The molecule has 1 heterocycles. The number of ether oxygens (including phenoxy) is 1. The smallest absolute Gasteiger partial charge is 0.378 e. The first kappa shape index (κ1) is 19.5. The molecule has 1 saturated heterocycles. The zero-order chi connectivity index (χ0) is 18.7. The largest absolute Gasteiger partial charge is 0.416 e. The third-order valence-electron chi connectivity index (χ3n) is 3.35. The average Bonchev–Trinajstić information content (AvgIpc) is 2.47. The minimum Gasteiger partial charge on any atom is -0.378 e. The predicted octanol–water partition coefficient (Wildman–Crippen LogP) is 1.39. The molecule has 1 aromatic carbocycles. The lowest BCUT2D eigenvalue weighted by molar-refractivity contribution is -0.137. The van der Waals surface area contributed by atoms with Gasteiger partial charge in [-0.2, -0.15) is 13.2 Å². The lowest BCUT2D eigenvalue weighted by atomic mass is 10.1. The number of halogens is 3. The SMILES string of the molecule is CS(=O)(=O)Nc1ccc(C(F)(F)F)cc1NC(=O)CC1COCCN1. The second kappa shape index (κ2) is 7.58. The normalized spacial score (nSPS) is 18.6. The Kier molecular flexibility index (Phi) is 5.91. The van der Waals surface area contributed by atoms with E-state index in [2.05, 4.69) is 15.4 Å². The van der Waals surface area contributed by atoms with Crippen molar-refractivity contribution in [1.82, 2.24) is 5.32 Å². The zero-order valence-electron chi connectivity index (χ0n) is 13.3. The molecule has 0 saturated carbocycles. The van der Waals surface area contributed by atoms with E-state index in [-0.39, 0.29) is 23.8 Å². The van der Waals surface area contributed by atoms with Gasteiger partial charge in [-0.05, 0) is 18.2 Å². The van der Waals surface area contributed by atoms with Crippen molar-refractivity contribution in [1.29, 1.82) is 0 Å². The molecular weight excluding hydrogens is 363 g/mol. The highest BCUT2D eigenvalue weighted by molar-refractivity contribution is 7.92. The highest BCUT2D eigenvalue weighted by atomic mass is 32.2. The molecule has 11 heteroatoms. The second-order valence-corrected chi connectivity index (χ2v) is 7.36. The molecule has 140 valence electrons. The number of carbonyl (C=O) groups is 1. The van der Waals surface area contributed by atoms with E-state index in [1.165, 1.54) is 0 Å². The summed E-state index contributed by atoms with van der Waals surface area (Å²) in [5.74, 6) is -0.557. The van der Waals surface area contributed by atoms with E-state index in [0.29, 0.717) is 25.8 Å². The quantitative estimate of drug-likeness (QED) is 0.716. The summed E-state index contributed by atoms with van der Waals surface area (Å²) < 4.78 is 68.6. The van der Waals surface area contributed by atoms with E-state index in [0.717, 1.165) is 18.4 Å². The van der Waals surface area contributed by atoms with Crippen molar-refractivity contribution in [2.45, 2.75) is 18.6 Å². The third-order valence-corrected chi connectivity index (χ3v) is 3.94. The molecule has 1 aliphatic heterocycles. The molecule has 1 unspecified atom stereocenters. The van der Waals surface area contributed by atoms with Crippen molar-refractivity contribution in [2.75, 3.05) is 36.1 Å². The van der Waals surface area contributed by atoms with Gasteiger partial charge in [0.05, 0.1) is 36.4 Å². The number of rotatable bonds is 5. The maximum atomic E-state index is 12.9. The van der Waals surface area contributed by atoms with Crippen molar-refractivity contribution in [3.05, 3.63) is 23.8 Å². The molecule has 0 bridgehead atoms. The number of carbonyl (C=O) groups excluding carboxylic acids is 1. The van der Waals surface area contributed by atoms with Gasteiger partial charge in [0.15, 0.2) is 0 Å². The second-order valence-electron chi connectivity index (χ2n) is 5.61. The van der Waals surface area contributed by atoms with Gasteiger partial charge in [0.2, 0.25) is 15.9 Å². The molecule has 2 rings (SSSR count). The highest BCUT2D eigenvalue weighted by Crippen LogP contribution is 2.34. The van der Waals surface area contributed by atoms with Gasteiger partial charge in [-0.15, -0.1) is 0 Å². The van der Waals surface area contributed by atoms with Crippen molar-refractivity contribution in [2.24, 2.45) is 0 Å². The Morgan fingerprint density at radius 2 is 2.08 bits per heavy atom. The van der Waals surface area contributed by atoms with Crippen LogP contribution in [0.3, 0.4) is 0 Å². The van der Waals surface area contributed by atoms with E-state index >= 15 is 0 Å². The summed E-state index contributed by atoms with van der Waals surface area (Å²) in [5, 5.41) is 5.38. The molecular formula is C14H18F3N3O4S. The van der Waals surface area contributed by atoms with Crippen LogP contribution in [-0.2, 0) is 25.7 Å². The van der Waals surface area contributed by atoms with Gasteiger partial charge in [-0.3, -0.25) is 9.52 Å². The minimum atomic E-state index is -4.62. The predicted molar refractivity (Wildman–Crippen MR) is 85.8 cm³/mol. The van der Waals surface area contributed by atoms with Gasteiger partial charge >= 0.3 is 6.18 Å². The monoisotopic (exact) mass is 381 g/mol. The first-order valence-electron chi connectivity index (χ1n) is 7.34. The summed E-state index contributed by atoms with van der Waals surface area (Å²) in [7, 11) is -3.73. The number of anilines is 2. The standard InChI is InChI=1S/C14H18F3N3O4S/c1-25(22,23)20-11-3-2-9(14(15,16)17)6-12(11)19-13(21)7-10-8-24-5-4-18-10/h2-3,6,10,18,20H,4-5,7-8H2,1H3,(H,19,21). The Hall–Kier alpha value is -1.85.